The molecule has 0 aromatic heterocycles. The van der Waals surface area contributed by atoms with Crippen molar-refractivity contribution in [2.75, 3.05) is 0 Å². The van der Waals surface area contributed by atoms with Gasteiger partial charge < -0.3 is 5.73 Å². The van der Waals surface area contributed by atoms with Crippen LogP contribution in [0.4, 0.5) is 0 Å². The molecule has 0 radical (unpaired) electrons. The topological polar surface area (TPSA) is 87.2 Å². The first-order chi connectivity index (χ1) is 8.87. The molecule has 0 saturated carbocycles. The van der Waals surface area contributed by atoms with Gasteiger partial charge in [-0.2, -0.15) is 5.26 Å². The largest absolute Gasteiger partial charge is 0.384 e. The van der Waals surface area contributed by atoms with Crippen LogP contribution in [0.15, 0.2) is 40.6 Å². The van der Waals surface area contributed by atoms with Crippen LogP contribution in [0.1, 0.15) is 18.9 Å². The molecule has 100 valence electrons. The molecule has 2 rings (SSSR count). The quantitative estimate of drug-likeness (QED) is 0.886. The Hall–Kier alpha value is -2.00. The average Bonchev–Trinajstić information content (AvgIpc) is 2.65. The summed E-state index contributed by atoms with van der Waals surface area (Å²) in [5.74, 6) is 0.0376. The number of nitriles is 1. The summed E-state index contributed by atoms with van der Waals surface area (Å²) in [4.78, 5) is 0.187. The molecule has 0 amide bonds. The standard InChI is InChI=1S/C13H15N3O2S/c1-9-3-5-12(6-4-9)19(17,18)16-10(2)7-11(8-14)13(16)15/h3-6,10H,7,15H2,1-2H3/t10-/m0/s1. The van der Waals surface area contributed by atoms with Crippen LogP contribution in [0, 0.1) is 18.3 Å². The van der Waals surface area contributed by atoms with Crippen molar-refractivity contribution in [1.82, 2.24) is 4.31 Å². The van der Waals surface area contributed by atoms with Gasteiger partial charge in [-0.1, -0.05) is 17.7 Å². The van der Waals surface area contributed by atoms with Gasteiger partial charge in [-0.15, -0.1) is 0 Å². The maximum atomic E-state index is 12.5. The maximum Gasteiger partial charge on any atom is 0.265 e. The van der Waals surface area contributed by atoms with Gasteiger partial charge in [-0.25, -0.2) is 12.7 Å². The summed E-state index contributed by atoms with van der Waals surface area (Å²) >= 11 is 0. The second-order valence-electron chi connectivity index (χ2n) is 4.64. The van der Waals surface area contributed by atoms with Gasteiger partial charge in [0.1, 0.15) is 5.82 Å². The number of nitrogens with zero attached hydrogens (tertiary/aromatic N) is 2. The van der Waals surface area contributed by atoms with Gasteiger partial charge in [-0.05, 0) is 26.0 Å². The molecule has 5 nitrogen and oxygen atoms in total. The van der Waals surface area contributed by atoms with E-state index in [1.165, 1.54) is 0 Å². The number of sulfonamides is 1. The van der Waals surface area contributed by atoms with Gasteiger partial charge in [0.15, 0.2) is 0 Å². The molecule has 1 aromatic carbocycles. The SMILES string of the molecule is Cc1ccc(S(=O)(=O)N2C(N)=C(C#N)C[C@@H]2C)cc1. The molecule has 0 spiro atoms. The summed E-state index contributed by atoms with van der Waals surface area (Å²) in [7, 11) is -3.70. The first-order valence-electron chi connectivity index (χ1n) is 5.87. The van der Waals surface area contributed by atoms with Crippen molar-refractivity contribution < 1.29 is 8.42 Å². The van der Waals surface area contributed by atoms with Gasteiger partial charge >= 0.3 is 0 Å². The molecule has 0 aliphatic carbocycles. The van der Waals surface area contributed by atoms with Crippen LogP contribution >= 0.6 is 0 Å². The number of benzene rings is 1. The van der Waals surface area contributed by atoms with Gasteiger partial charge in [0.2, 0.25) is 0 Å². The lowest BCUT2D eigenvalue weighted by Gasteiger charge is -2.24. The van der Waals surface area contributed by atoms with E-state index in [2.05, 4.69) is 0 Å². The minimum Gasteiger partial charge on any atom is -0.384 e. The molecule has 0 bridgehead atoms. The fraction of sp³-hybridized carbons (Fsp3) is 0.308. The second-order valence-corrected chi connectivity index (χ2v) is 6.46. The van der Waals surface area contributed by atoms with Gasteiger partial charge in [0, 0.05) is 12.5 Å². The molecule has 1 aliphatic heterocycles. The van der Waals surface area contributed by atoms with E-state index in [-0.39, 0.29) is 16.8 Å². The summed E-state index contributed by atoms with van der Waals surface area (Å²) in [5.41, 5.74) is 7.08. The average molecular weight is 277 g/mol. The van der Waals surface area contributed by atoms with Gasteiger partial charge in [-0.3, -0.25) is 0 Å². The zero-order valence-electron chi connectivity index (χ0n) is 10.8. The lowest BCUT2D eigenvalue weighted by Crippen LogP contribution is -2.36. The van der Waals surface area contributed by atoms with E-state index in [0.717, 1.165) is 9.87 Å². The normalized spacial score (nSPS) is 19.6. The lowest BCUT2D eigenvalue weighted by molar-refractivity contribution is 0.423. The molecule has 2 N–H and O–H groups in total. The highest BCUT2D eigenvalue weighted by atomic mass is 32.2. The Balaban J connectivity index is 2.49. The van der Waals surface area contributed by atoms with Crippen LogP contribution in [0.2, 0.25) is 0 Å². The molecule has 1 aromatic rings. The third-order valence-electron chi connectivity index (χ3n) is 3.16. The Labute approximate surface area is 113 Å². The molecule has 1 aliphatic rings. The minimum absolute atomic E-state index is 0.0376. The smallest absolute Gasteiger partial charge is 0.265 e. The molecule has 1 heterocycles. The number of hydrogen-bond acceptors (Lipinski definition) is 4. The fourth-order valence-corrected chi connectivity index (χ4v) is 3.77. The van der Waals surface area contributed by atoms with Crippen molar-refractivity contribution in [2.45, 2.75) is 31.2 Å². The van der Waals surface area contributed by atoms with Crippen LogP contribution in [0.5, 0.6) is 0 Å². The van der Waals surface area contributed by atoms with Crippen LogP contribution < -0.4 is 5.73 Å². The van der Waals surface area contributed by atoms with Gasteiger partial charge in [0.05, 0.1) is 16.5 Å². The van der Waals surface area contributed by atoms with E-state index in [1.54, 1.807) is 31.2 Å². The molecule has 19 heavy (non-hydrogen) atoms. The van der Waals surface area contributed by atoms with Crippen molar-refractivity contribution in [3.8, 4) is 6.07 Å². The molecule has 6 heteroatoms. The number of aryl methyl sites for hydroxylation is 1. The van der Waals surface area contributed by atoms with Crippen LogP contribution in [0.25, 0.3) is 0 Å². The highest BCUT2D eigenvalue weighted by molar-refractivity contribution is 7.89. The Kier molecular flexibility index (Phi) is 3.25. The Morgan fingerprint density at radius 2 is 1.95 bits per heavy atom. The van der Waals surface area contributed by atoms with Crippen molar-refractivity contribution in [1.29, 1.82) is 5.26 Å². The van der Waals surface area contributed by atoms with Crippen molar-refractivity contribution in [3.63, 3.8) is 0 Å². The predicted molar refractivity (Wildman–Crippen MR) is 71.1 cm³/mol. The van der Waals surface area contributed by atoms with E-state index in [1.807, 2.05) is 13.0 Å². The predicted octanol–water partition coefficient (Wildman–Crippen LogP) is 1.47. The summed E-state index contributed by atoms with van der Waals surface area (Å²) < 4.78 is 26.2. The summed E-state index contributed by atoms with van der Waals surface area (Å²) in [6.45, 7) is 3.62. The molecular weight excluding hydrogens is 262 g/mol. The first kappa shape index (κ1) is 13.4. The Morgan fingerprint density at radius 1 is 1.37 bits per heavy atom. The third kappa shape index (κ3) is 2.17. The number of rotatable bonds is 2. The monoisotopic (exact) mass is 277 g/mol. The van der Waals surface area contributed by atoms with E-state index < -0.39 is 10.0 Å². The van der Waals surface area contributed by atoms with Crippen molar-refractivity contribution in [2.24, 2.45) is 5.73 Å². The molecule has 1 atom stereocenters. The zero-order chi connectivity index (χ0) is 14.2. The zero-order valence-corrected chi connectivity index (χ0v) is 11.6. The lowest BCUT2D eigenvalue weighted by atomic mass is 10.2. The van der Waals surface area contributed by atoms with E-state index >= 15 is 0 Å². The third-order valence-corrected chi connectivity index (χ3v) is 5.10. The summed E-state index contributed by atoms with van der Waals surface area (Å²) in [5, 5.41) is 8.94. The molecule has 0 unspecified atom stereocenters. The van der Waals surface area contributed by atoms with Crippen LogP contribution in [-0.4, -0.2) is 18.8 Å². The molecule has 0 saturated heterocycles. The van der Waals surface area contributed by atoms with E-state index in [9.17, 15) is 8.42 Å². The molecular formula is C13H15N3O2S. The number of nitrogens with two attached hydrogens (primary N) is 1. The maximum absolute atomic E-state index is 12.5. The van der Waals surface area contributed by atoms with E-state index in [4.69, 9.17) is 11.0 Å². The van der Waals surface area contributed by atoms with Crippen molar-refractivity contribution >= 4 is 10.0 Å². The summed E-state index contributed by atoms with van der Waals surface area (Å²) in [6, 6.07) is 8.19. The van der Waals surface area contributed by atoms with Crippen molar-refractivity contribution in [3.05, 3.63) is 41.2 Å². The minimum atomic E-state index is -3.70. The summed E-state index contributed by atoms with van der Waals surface area (Å²) in [6.07, 6.45) is 0.355. The number of hydrogen-bond donors (Lipinski definition) is 1. The highest BCUT2D eigenvalue weighted by Gasteiger charge is 2.36. The van der Waals surface area contributed by atoms with Gasteiger partial charge in [0.25, 0.3) is 10.0 Å². The fourth-order valence-electron chi connectivity index (χ4n) is 2.15. The highest BCUT2D eigenvalue weighted by Crippen LogP contribution is 2.31. The Bertz CT molecular complexity index is 669. The van der Waals surface area contributed by atoms with Crippen LogP contribution in [0.3, 0.4) is 0 Å². The first-order valence-corrected chi connectivity index (χ1v) is 7.31. The Morgan fingerprint density at radius 3 is 2.42 bits per heavy atom. The van der Waals surface area contributed by atoms with E-state index in [0.29, 0.717) is 12.0 Å². The molecule has 0 fully saturated rings. The van der Waals surface area contributed by atoms with Crippen LogP contribution in [-0.2, 0) is 10.0 Å². The second kappa shape index (κ2) is 4.59.